The van der Waals surface area contributed by atoms with Crippen molar-refractivity contribution in [3.63, 3.8) is 0 Å². The average molecular weight is 532 g/mol. The van der Waals surface area contributed by atoms with Crippen molar-refractivity contribution in [3.05, 3.63) is 45.4 Å². The number of halogens is 1. The predicted molar refractivity (Wildman–Crippen MR) is 134 cm³/mol. The summed E-state index contributed by atoms with van der Waals surface area (Å²) in [6.45, 7) is 8.58. The van der Waals surface area contributed by atoms with Gasteiger partial charge in [-0.1, -0.05) is 12.1 Å². The highest BCUT2D eigenvalue weighted by atomic mass is 127. The van der Waals surface area contributed by atoms with E-state index in [4.69, 9.17) is 9.73 Å². The molecule has 1 aromatic heterocycles. The Bertz CT molecular complexity index is 741. The summed E-state index contributed by atoms with van der Waals surface area (Å²) in [5.74, 6) is 1.71. The normalized spacial score (nSPS) is 12.4. The lowest BCUT2D eigenvalue weighted by atomic mass is 10.1. The van der Waals surface area contributed by atoms with E-state index in [1.165, 1.54) is 15.4 Å². The quantitative estimate of drug-likeness (QED) is 0.293. The summed E-state index contributed by atoms with van der Waals surface area (Å²) >= 11 is 1.77. The third kappa shape index (κ3) is 8.10. The Morgan fingerprint density at radius 1 is 1.21 bits per heavy atom. The van der Waals surface area contributed by atoms with E-state index in [1.807, 2.05) is 12.1 Å². The van der Waals surface area contributed by atoms with Gasteiger partial charge in [-0.25, -0.2) is 4.98 Å². The summed E-state index contributed by atoms with van der Waals surface area (Å²) in [6.07, 6.45) is 0.902. The Balaban J connectivity index is 0.00000420. The van der Waals surface area contributed by atoms with Gasteiger partial charge in [-0.15, -0.1) is 35.3 Å². The first-order chi connectivity index (χ1) is 13.4. The van der Waals surface area contributed by atoms with Crippen LogP contribution in [0.3, 0.4) is 0 Å². The Hall–Kier alpha value is -1.39. The van der Waals surface area contributed by atoms with Gasteiger partial charge in [0, 0.05) is 24.4 Å². The van der Waals surface area contributed by atoms with E-state index >= 15 is 0 Å². The highest BCUT2D eigenvalue weighted by Crippen LogP contribution is 2.21. The van der Waals surface area contributed by atoms with Crippen LogP contribution in [0.15, 0.2) is 29.3 Å². The summed E-state index contributed by atoms with van der Waals surface area (Å²) in [6, 6.07) is 8.40. The van der Waals surface area contributed by atoms with Crippen molar-refractivity contribution in [2.75, 3.05) is 40.8 Å². The van der Waals surface area contributed by atoms with Crippen molar-refractivity contribution in [3.8, 4) is 5.75 Å². The maximum absolute atomic E-state index is 5.26. The van der Waals surface area contributed by atoms with E-state index < -0.39 is 0 Å². The lowest BCUT2D eigenvalue weighted by molar-refractivity contribution is 0.306. The molecule has 8 heteroatoms. The zero-order chi connectivity index (χ0) is 20.5. The van der Waals surface area contributed by atoms with Crippen molar-refractivity contribution in [2.45, 2.75) is 33.2 Å². The van der Waals surface area contributed by atoms with Gasteiger partial charge in [-0.05, 0) is 52.6 Å². The summed E-state index contributed by atoms with van der Waals surface area (Å²) < 4.78 is 5.26. The molecule has 0 aliphatic rings. The topological polar surface area (TPSA) is 61.8 Å². The number of likely N-dealkylation sites (N-methyl/N-ethyl adjacent to an activating group) is 1. The van der Waals surface area contributed by atoms with Crippen molar-refractivity contribution in [2.24, 2.45) is 4.99 Å². The highest BCUT2D eigenvalue weighted by Gasteiger charge is 2.14. The molecular formula is C21H34IN5OS. The van der Waals surface area contributed by atoms with E-state index in [9.17, 15) is 0 Å². The predicted octanol–water partition coefficient (Wildman–Crippen LogP) is 3.79. The van der Waals surface area contributed by atoms with Crippen LogP contribution in [0.5, 0.6) is 5.75 Å². The summed E-state index contributed by atoms with van der Waals surface area (Å²) in [5, 5.41) is 7.93. The van der Waals surface area contributed by atoms with E-state index in [0.717, 1.165) is 36.9 Å². The van der Waals surface area contributed by atoms with Gasteiger partial charge in [0.15, 0.2) is 5.96 Å². The van der Waals surface area contributed by atoms with Crippen molar-refractivity contribution in [1.82, 2.24) is 20.5 Å². The van der Waals surface area contributed by atoms with Gasteiger partial charge in [-0.3, -0.25) is 4.99 Å². The molecule has 0 spiro atoms. The van der Waals surface area contributed by atoms with Crippen LogP contribution >= 0.6 is 35.3 Å². The van der Waals surface area contributed by atoms with Crippen LogP contribution in [-0.2, 0) is 6.42 Å². The van der Waals surface area contributed by atoms with Crippen LogP contribution in [0.25, 0.3) is 0 Å². The van der Waals surface area contributed by atoms with E-state index in [-0.39, 0.29) is 30.0 Å². The summed E-state index contributed by atoms with van der Waals surface area (Å²) in [7, 11) is 5.85. The van der Waals surface area contributed by atoms with E-state index in [0.29, 0.717) is 6.54 Å². The molecule has 162 valence electrons. The number of nitrogens with zero attached hydrogens (tertiary/aromatic N) is 3. The first kappa shape index (κ1) is 25.6. The molecule has 1 aromatic carbocycles. The van der Waals surface area contributed by atoms with E-state index in [2.05, 4.69) is 67.5 Å². The molecular weight excluding hydrogens is 497 g/mol. The summed E-state index contributed by atoms with van der Waals surface area (Å²) in [4.78, 5) is 12.9. The van der Waals surface area contributed by atoms with E-state index in [1.54, 1.807) is 18.4 Å². The SMILES string of the molecule is CCNC(=NCC(c1ccc(OC)cc1)N(C)C)NCCc1nc(C)c(C)s1.I. The monoisotopic (exact) mass is 531 g/mol. The molecule has 0 radical (unpaired) electrons. The fraction of sp³-hybridized carbons (Fsp3) is 0.524. The third-order valence-electron chi connectivity index (χ3n) is 4.59. The minimum absolute atomic E-state index is 0. The molecule has 1 heterocycles. The molecule has 0 amide bonds. The molecule has 29 heavy (non-hydrogen) atoms. The number of nitrogens with one attached hydrogen (secondary N) is 2. The Kier molecular flexibility index (Phi) is 11.5. The minimum Gasteiger partial charge on any atom is -0.497 e. The molecule has 0 fully saturated rings. The maximum Gasteiger partial charge on any atom is 0.191 e. The number of ether oxygens (including phenoxy) is 1. The first-order valence-electron chi connectivity index (χ1n) is 9.70. The van der Waals surface area contributed by atoms with Gasteiger partial charge in [0.05, 0.1) is 30.4 Å². The second-order valence-corrected chi connectivity index (χ2v) is 8.19. The molecule has 0 aliphatic carbocycles. The number of thiazole rings is 1. The van der Waals surface area contributed by atoms with Crippen LogP contribution in [0.1, 0.15) is 34.1 Å². The number of guanidine groups is 1. The lowest BCUT2D eigenvalue weighted by Gasteiger charge is -2.24. The molecule has 6 nitrogen and oxygen atoms in total. The lowest BCUT2D eigenvalue weighted by Crippen LogP contribution is -2.39. The molecule has 0 bridgehead atoms. The number of aryl methyl sites for hydroxylation is 2. The first-order valence-corrected chi connectivity index (χ1v) is 10.5. The number of aliphatic imine (C=N–C) groups is 1. The fourth-order valence-corrected chi connectivity index (χ4v) is 3.78. The number of hydrogen-bond acceptors (Lipinski definition) is 5. The number of hydrogen-bond donors (Lipinski definition) is 2. The highest BCUT2D eigenvalue weighted by molar-refractivity contribution is 14.0. The second-order valence-electron chi connectivity index (χ2n) is 6.90. The molecule has 2 aromatic rings. The fourth-order valence-electron chi connectivity index (χ4n) is 2.85. The largest absolute Gasteiger partial charge is 0.497 e. The Morgan fingerprint density at radius 3 is 2.41 bits per heavy atom. The molecule has 0 aliphatic heterocycles. The zero-order valence-electron chi connectivity index (χ0n) is 18.3. The minimum atomic E-state index is 0. The zero-order valence-corrected chi connectivity index (χ0v) is 21.4. The van der Waals surface area contributed by atoms with Gasteiger partial charge < -0.3 is 20.3 Å². The molecule has 1 unspecified atom stereocenters. The van der Waals surface area contributed by atoms with Gasteiger partial charge >= 0.3 is 0 Å². The van der Waals surface area contributed by atoms with Gasteiger partial charge in [-0.2, -0.15) is 0 Å². The molecule has 1 atom stereocenters. The molecule has 2 rings (SSSR count). The third-order valence-corrected chi connectivity index (χ3v) is 5.73. The molecule has 2 N–H and O–H groups in total. The standard InChI is InChI=1S/C21H33N5OS.HI/c1-7-22-21(23-13-12-20-25-15(2)16(3)28-20)24-14-19(26(4)5)17-8-10-18(27-6)11-9-17;/h8-11,19H,7,12-14H2,1-6H3,(H2,22,23,24);1H. The van der Waals surface area contributed by atoms with Crippen LogP contribution < -0.4 is 15.4 Å². The number of benzene rings is 1. The smallest absolute Gasteiger partial charge is 0.191 e. The Morgan fingerprint density at radius 2 is 1.90 bits per heavy atom. The Labute approximate surface area is 196 Å². The second kappa shape index (κ2) is 13.0. The maximum atomic E-state index is 5.26. The van der Waals surface area contributed by atoms with Crippen LogP contribution in [0.2, 0.25) is 0 Å². The number of rotatable bonds is 9. The van der Waals surface area contributed by atoms with Crippen molar-refractivity contribution < 1.29 is 4.74 Å². The number of aromatic nitrogens is 1. The van der Waals surface area contributed by atoms with Crippen molar-refractivity contribution in [1.29, 1.82) is 0 Å². The van der Waals surface area contributed by atoms with Crippen LogP contribution in [0, 0.1) is 13.8 Å². The molecule has 0 saturated heterocycles. The average Bonchev–Trinajstić information content (AvgIpc) is 2.99. The van der Waals surface area contributed by atoms with Crippen LogP contribution in [0.4, 0.5) is 0 Å². The summed E-state index contributed by atoms with van der Waals surface area (Å²) in [5.41, 5.74) is 2.35. The van der Waals surface area contributed by atoms with Gasteiger partial charge in [0.1, 0.15) is 5.75 Å². The number of methoxy groups -OCH3 is 1. The van der Waals surface area contributed by atoms with Gasteiger partial charge in [0.25, 0.3) is 0 Å². The molecule has 0 saturated carbocycles. The van der Waals surface area contributed by atoms with Crippen molar-refractivity contribution >= 4 is 41.3 Å². The van der Waals surface area contributed by atoms with Crippen LogP contribution in [-0.4, -0.2) is 56.7 Å². The van der Waals surface area contributed by atoms with Gasteiger partial charge in [0.2, 0.25) is 0 Å².